The molecule has 1 saturated heterocycles. The summed E-state index contributed by atoms with van der Waals surface area (Å²) in [5.41, 5.74) is 1.78. The molecule has 0 spiro atoms. The number of thioether (sulfide) groups is 1. The van der Waals surface area contributed by atoms with Gasteiger partial charge in [-0.3, -0.25) is 9.59 Å². The Labute approximate surface area is 152 Å². The lowest BCUT2D eigenvalue weighted by Gasteiger charge is -2.06. The van der Waals surface area contributed by atoms with E-state index in [1.54, 1.807) is 42.5 Å². The van der Waals surface area contributed by atoms with Crippen molar-refractivity contribution < 1.29 is 19.1 Å². The van der Waals surface area contributed by atoms with Crippen molar-refractivity contribution in [3.8, 4) is 11.1 Å². The van der Waals surface area contributed by atoms with Crippen LogP contribution in [0.2, 0.25) is 0 Å². The van der Waals surface area contributed by atoms with Crippen LogP contribution in [0.1, 0.15) is 12.0 Å². The number of carboxylic acids is 1. The Morgan fingerprint density at radius 1 is 1.19 bits per heavy atom. The van der Waals surface area contributed by atoms with Gasteiger partial charge in [-0.15, -0.1) is 5.10 Å². The molecule has 1 aliphatic rings. The smallest absolute Gasteiger partial charge is 0.305 e. The molecule has 2 N–H and O–H groups in total. The third kappa shape index (κ3) is 4.15. The lowest BCUT2D eigenvalue weighted by molar-refractivity contribution is -0.138. The largest absolute Gasteiger partial charge is 0.481 e. The summed E-state index contributed by atoms with van der Waals surface area (Å²) in [4.78, 5) is 22.4. The Balaban J connectivity index is 1.79. The van der Waals surface area contributed by atoms with Crippen LogP contribution < -0.4 is 5.32 Å². The molecule has 0 aliphatic carbocycles. The molecule has 1 fully saturated rings. The Hall–Kier alpha value is -3.00. The van der Waals surface area contributed by atoms with Crippen LogP contribution in [0.3, 0.4) is 0 Å². The second-order valence-electron chi connectivity index (χ2n) is 5.41. The lowest BCUT2D eigenvalue weighted by Crippen LogP contribution is -2.26. The summed E-state index contributed by atoms with van der Waals surface area (Å²) in [6.07, 6.45) is 1.18. The van der Waals surface area contributed by atoms with Gasteiger partial charge in [-0.05, 0) is 11.6 Å². The van der Waals surface area contributed by atoms with E-state index in [2.05, 4.69) is 15.5 Å². The number of halogens is 1. The second kappa shape index (κ2) is 7.92. The topological polar surface area (TPSA) is 91.1 Å². The van der Waals surface area contributed by atoms with Gasteiger partial charge >= 0.3 is 5.97 Å². The molecule has 0 aromatic heterocycles. The first-order valence-electron chi connectivity index (χ1n) is 7.69. The zero-order chi connectivity index (χ0) is 18.5. The van der Waals surface area contributed by atoms with E-state index in [-0.39, 0.29) is 17.4 Å². The zero-order valence-corrected chi connectivity index (χ0v) is 14.2. The fourth-order valence-electron chi connectivity index (χ4n) is 2.42. The Bertz CT molecular complexity index is 914. The monoisotopic (exact) mass is 371 g/mol. The number of carbonyl (C=O) groups excluding carboxylic acids is 1. The summed E-state index contributed by atoms with van der Waals surface area (Å²) in [6.45, 7) is 0. The van der Waals surface area contributed by atoms with Crippen LogP contribution in [-0.2, 0) is 9.59 Å². The molecule has 6 nitrogen and oxygen atoms in total. The lowest BCUT2D eigenvalue weighted by atomic mass is 10.00. The maximum Gasteiger partial charge on any atom is 0.305 e. The van der Waals surface area contributed by atoms with Gasteiger partial charge in [0, 0.05) is 11.1 Å². The SMILES string of the molecule is O=C(O)CC1SC(=NN=Cc2ccccc2-c2ccccc2F)NC1=O. The first-order chi connectivity index (χ1) is 12.5. The van der Waals surface area contributed by atoms with E-state index in [1.165, 1.54) is 12.3 Å². The zero-order valence-electron chi connectivity index (χ0n) is 13.4. The van der Waals surface area contributed by atoms with Crippen molar-refractivity contribution in [2.45, 2.75) is 11.7 Å². The molecule has 1 aliphatic heterocycles. The number of hydrogen-bond donors (Lipinski definition) is 2. The van der Waals surface area contributed by atoms with Gasteiger partial charge in [0.2, 0.25) is 5.91 Å². The van der Waals surface area contributed by atoms with Crippen LogP contribution in [0.15, 0.2) is 58.7 Å². The number of carboxylic acid groups (broad SMARTS) is 1. The number of nitrogens with one attached hydrogen (secondary N) is 1. The van der Waals surface area contributed by atoms with Crippen molar-refractivity contribution in [2.24, 2.45) is 10.2 Å². The number of rotatable bonds is 5. The summed E-state index contributed by atoms with van der Waals surface area (Å²) in [5.74, 6) is -1.80. The Morgan fingerprint density at radius 2 is 1.88 bits per heavy atom. The molecular weight excluding hydrogens is 357 g/mol. The number of hydrogen-bond acceptors (Lipinski definition) is 5. The van der Waals surface area contributed by atoms with E-state index in [4.69, 9.17) is 5.11 Å². The average Bonchev–Trinajstić information content (AvgIpc) is 2.95. The normalized spacial score (nSPS) is 18.4. The van der Waals surface area contributed by atoms with Crippen molar-refractivity contribution in [3.05, 3.63) is 59.9 Å². The summed E-state index contributed by atoms with van der Waals surface area (Å²) in [7, 11) is 0. The number of carbonyl (C=O) groups is 2. The van der Waals surface area contributed by atoms with E-state index >= 15 is 0 Å². The average molecular weight is 371 g/mol. The molecule has 0 bridgehead atoms. The highest BCUT2D eigenvalue weighted by atomic mass is 32.2. The Kier molecular flexibility index (Phi) is 5.43. The van der Waals surface area contributed by atoms with Crippen LogP contribution in [0.5, 0.6) is 0 Å². The maximum absolute atomic E-state index is 14.0. The van der Waals surface area contributed by atoms with Gasteiger partial charge in [-0.2, -0.15) is 5.10 Å². The number of benzene rings is 2. The molecular formula is C18H14FN3O3S. The maximum atomic E-state index is 14.0. The molecule has 2 aromatic rings. The standard InChI is InChI=1S/C18H14FN3O3S/c19-14-8-4-3-7-13(14)12-6-2-1-5-11(12)10-20-22-18-21-17(25)15(26-18)9-16(23)24/h1-8,10,15H,9H2,(H,23,24)(H,21,22,25). The van der Waals surface area contributed by atoms with Crippen molar-refractivity contribution >= 4 is 35.0 Å². The van der Waals surface area contributed by atoms with Gasteiger partial charge in [0.1, 0.15) is 11.1 Å². The van der Waals surface area contributed by atoms with E-state index in [0.717, 1.165) is 11.8 Å². The van der Waals surface area contributed by atoms with Crippen LogP contribution >= 0.6 is 11.8 Å². The predicted octanol–water partition coefficient (Wildman–Crippen LogP) is 2.89. The van der Waals surface area contributed by atoms with Crippen LogP contribution in [-0.4, -0.2) is 33.6 Å². The van der Waals surface area contributed by atoms with Crippen molar-refractivity contribution in [3.63, 3.8) is 0 Å². The molecule has 8 heteroatoms. The van der Waals surface area contributed by atoms with Gasteiger partial charge in [0.15, 0.2) is 5.17 Å². The highest BCUT2D eigenvalue weighted by molar-refractivity contribution is 8.15. The van der Waals surface area contributed by atoms with E-state index in [9.17, 15) is 14.0 Å². The molecule has 132 valence electrons. The molecule has 3 rings (SSSR count). The number of nitrogens with zero attached hydrogens (tertiary/aromatic N) is 2. The van der Waals surface area contributed by atoms with Crippen molar-refractivity contribution in [2.75, 3.05) is 0 Å². The van der Waals surface area contributed by atoms with E-state index in [1.807, 2.05) is 0 Å². The van der Waals surface area contributed by atoms with Crippen LogP contribution in [0.4, 0.5) is 4.39 Å². The van der Waals surface area contributed by atoms with E-state index in [0.29, 0.717) is 16.7 Å². The minimum Gasteiger partial charge on any atom is -0.481 e. The number of amidine groups is 1. The molecule has 1 amide bonds. The highest BCUT2D eigenvalue weighted by Gasteiger charge is 2.32. The quantitative estimate of drug-likeness (QED) is 0.625. The molecule has 2 aromatic carbocycles. The third-order valence-electron chi connectivity index (χ3n) is 3.61. The first-order valence-corrected chi connectivity index (χ1v) is 8.57. The fraction of sp³-hybridized carbons (Fsp3) is 0.111. The second-order valence-corrected chi connectivity index (χ2v) is 6.60. The minimum atomic E-state index is -1.05. The van der Waals surface area contributed by atoms with Gasteiger partial charge in [-0.1, -0.05) is 54.2 Å². The number of amides is 1. The molecule has 26 heavy (non-hydrogen) atoms. The Morgan fingerprint density at radius 3 is 2.62 bits per heavy atom. The minimum absolute atomic E-state index is 0.237. The fourth-order valence-corrected chi connectivity index (χ4v) is 3.34. The van der Waals surface area contributed by atoms with Gasteiger partial charge < -0.3 is 10.4 Å². The van der Waals surface area contributed by atoms with Crippen molar-refractivity contribution in [1.29, 1.82) is 0 Å². The molecule has 1 heterocycles. The van der Waals surface area contributed by atoms with Gasteiger partial charge in [-0.25, -0.2) is 4.39 Å². The summed E-state index contributed by atoms with van der Waals surface area (Å²) in [6, 6.07) is 13.6. The van der Waals surface area contributed by atoms with Gasteiger partial charge in [0.05, 0.1) is 12.6 Å². The highest BCUT2D eigenvalue weighted by Crippen LogP contribution is 2.25. The third-order valence-corrected chi connectivity index (χ3v) is 4.68. The van der Waals surface area contributed by atoms with Gasteiger partial charge in [0.25, 0.3) is 0 Å². The van der Waals surface area contributed by atoms with Crippen molar-refractivity contribution in [1.82, 2.24) is 5.32 Å². The van der Waals surface area contributed by atoms with Crippen LogP contribution in [0, 0.1) is 5.82 Å². The molecule has 0 radical (unpaired) electrons. The summed E-state index contributed by atoms with van der Waals surface area (Å²) < 4.78 is 14.0. The summed E-state index contributed by atoms with van der Waals surface area (Å²) in [5, 5.41) is 18.6. The summed E-state index contributed by atoms with van der Waals surface area (Å²) >= 11 is 1.02. The number of aliphatic carboxylic acids is 1. The molecule has 0 saturated carbocycles. The predicted molar refractivity (Wildman–Crippen MR) is 98.6 cm³/mol. The molecule has 1 atom stereocenters. The van der Waals surface area contributed by atoms with Crippen LogP contribution in [0.25, 0.3) is 11.1 Å². The first kappa shape index (κ1) is 17.8. The van der Waals surface area contributed by atoms with E-state index < -0.39 is 17.1 Å². The molecule has 1 unspecified atom stereocenters.